The van der Waals surface area contributed by atoms with Crippen LogP contribution in [-0.2, 0) is 22.7 Å². The minimum Gasteiger partial charge on any atom is -0.384 e. The maximum Gasteiger partial charge on any atom is 0.416 e. The molecule has 0 amide bonds. The lowest BCUT2D eigenvalue weighted by molar-refractivity contribution is -0.137. The van der Waals surface area contributed by atoms with Crippen LogP contribution in [0.4, 0.5) is 19.0 Å². The third kappa shape index (κ3) is 7.27. The van der Waals surface area contributed by atoms with E-state index in [4.69, 9.17) is 16.6 Å². The molecular weight excluding hydrogens is 621 g/mol. The van der Waals surface area contributed by atoms with E-state index in [2.05, 4.69) is 36.4 Å². The second-order valence-electron chi connectivity index (χ2n) is 8.97. The molecule has 1 fully saturated rings. The molecule has 3 heterocycles. The topological polar surface area (TPSA) is 103 Å². The number of nitrogens with zero attached hydrogens (tertiary/aromatic N) is 4. The fourth-order valence-electron chi connectivity index (χ4n) is 4.15. The Hall–Kier alpha value is -2.74. The van der Waals surface area contributed by atoms with Crippen molar-refractivity contribution in [3.05, 3.63) is 81.3 Å². The summed E-state index contributed by atoms with van der Waals surface area (Å²) in [5.74, 6) is 0.456. The number of rotatable bonds is 8. The van der Waals surface area contributed by atoms with E-state index < -0.39 is 26.8 Å². The molecule has 0 bridgehead atoms. The number of pyridine rings is 1. The van der Waals surface area contributed by atoms with Gasteiger partial charge >= 0.3 is 6.18 Å². The Balaban J connectivity index is 1.51. The third-order valence-corrected chi connectivity index (χ3v) is 9.19. The number of piperidine rings is 1. The quantitative estimate of drug-likeness (QED) is 0.288. The van der Waals surface area contributed by atoms with Crippen LogP contribution in [0.3, 0.4) is 0 Å². The van der Waals surface area contributed by atoms with Crippen LogP contribution < -0.4 is 5.32 Å². The van der Waals surface area contributed by atoms with Crippen LogP contribution in [0.15, 0.2) is 75.1 Å². The van der Waals surface area contributed by atoms with Crippen LogP contribution in [0, 0.1) is 5.92 Å². The number of benzene rings is 1. The fraction of sp³-hybridized carbons (Fsp3) is 0.320. The van der Waals surface area contributed by atoms with Crippen molar-refractivity contribution in [2.24, 2.45) is 10.9 Å². The van der Waals surface area contributed by atoms with Gasteiger partial charge in [0.1, 0.15) is 4.90 Å². The summed E-state index contributed by atoms with van der Waals surface area (Å²) in [5.41, 5.74) is 1.61. The number of H-pyrrole nitrogens is 1. The summed E-state index contributed by atoms with van der Waals surface area (Å²) < 4.78 is 67.4. The Morgan fingerprint density at radius 1 is 1.28 bits per heavy atom. The van der Waals surface area contributed by atoms with E-state index in [1.807, 2.05) is 25.1 Å². The molecule has 3 aromatic rings. The highest BCUT2D eigenvalue weighted by Gasteiger charge is 2.35. The lowest BCUT2D eigenvalue weighted by Gasteiger charge is -2.31. The zero-order valence-corrected chi connectivity index (χ0v) is 23.9. The fourth-order valence-corrected chi connectivity index (χ4v) is 6.42. The normalized spacial score (nSPS) is 16.5. The van der Waals surface area contributed by atoms with Crippen molar-refractivity contribution >= 4 is 49.1 Å². The van der Waals surface area contributed by atoms with Gasteiger partial charge in [-0.1, -0.05) is 17.7 Å². The smallest absolute Gasteiger partial charge is 0.384 e. The molecule has 4 rings (SSSR count). The van der Waals surface area contributed by atoms with Gasteiger partial charge in [-0.25, -0.2) is 13.4 Å². The van der Waals surface area contributed by atoms with Crippen molar-refractivity contribution in [2.75, 3.05) is 13.1 Å². The summed E-state index contributed by atoms with van der Waals surface area (Å²) in [6.45, 7) is 2.80. The molecule has 1 aromatic carbocycles. The van der Waals surface area contributed by atoms with Crippen LogP contribution in [-0.4, -0.2) is 46.7 Å². The molecule has 0 saturated carbocycles. The summed E-state index contributed by atoms with van der Waals surface area (Å²) in [4.78, 5) is 8.52. The van der Waals surface area contributed by atoms with E-state index >= 15 is 0 Å². The van der Waals surface area contributed by atoms with E-state index in [9.17, 15) is 21.6 Å². The molecule has 1 aliphatic heterocycles. The number of halogens is 5. The van der Waals surface area contributed by atoms with Gasteiger partial charge in [0, 0.05) is 49.4 Å². The highest BCUT2D eigenvalue weighted by atomic mass is 79.9. The second kappa shape index (κ2) is 12.2. The molecule has 2 N–H and O–H groups in total. The Kier molecular flexibility index (Phi) is 9.14. The summed E-state index contributed by atoms with van der Waals surface area (Å²) >= 11 is 9.40. The number of allylic oxidation sites excluding steroid dienone is 2. The van der Waals surface area contributed by atoms with Crippen LogP contribution in [0.25, 0.3) is 0 Å². The molecule has 2 aromatic heterocycles. The minimum absolute atomic E-state index is 0.0788. The number of sulfonamides is 1. The van der Waals surface area contributed by atoms with Crippen LogP contribution in [0.2, 0.25) is 5.02 Å². The van der Waals surface area contributed by atoms with Crippen LogP contribution >= 0.6 is 27.5 Å². The number of aromatic nitrogens is 3. The zero-order valence-electron chi connectivity index (χ0n) is 20.7. The maximum atomic E-state index is 13.2. The zero-order chi connectivity index (χ0) is 28.2. The summed E-state index contributed by atoms with van der Waals surface area (Å²) in [6.07, 6.45) is 3.28. The van der Waals surface area contributed by atoms with E-state index in [0.717, 1.165) is 29.1 Å². The lowest BCUT2D eigenvalue weighted by atomic mass is 9.92. The van der Waals surface area contributed by atoms with Crippen molar-refractivity contribution < 1.29 is 21.6 Å². The molecule has 1 aliphatic rings. The van der Waals surface area contributed by atoms with Gasteiger partial charge in [0.2, 0.25) is 10.0 Å². The molecule has 39 heavy (non-hydrogen) atoms. The molecule has 14 heteroatoms. The molecule has 1 saturated heterocycles. The first-order chi connectivity index (χ1) is 18.4. The van der Waals surface area contributed by atoms with Gasteiger partial charge in [0.25, 0.3) is 0 Å². The molecule has 0 unspecified atom stereocenters. The van der Waals surface area contributed by atoms with E-state index in [-0.39, 0.29) is 23.9 Å². The third-order valence-electron chi connectivity index (χ3n) is 6.22. The maximum absolute atomic E-state index is 13.2. The van der Waals surface area contributed by atoms with Crippen molar-refractivity contribution in [3.8, 4) is 0 Å². The molecule has 0 aliphatic carbocycles. The van der Waals surface area contributed by atoms with Gasteiger partial charge < -0.3 is 5.32 Å². The Morgan fingerprint density at radius 2 is 2.03 bits per heavy atom. The average molecular weight is 646 g/mol. The highest BCUT2D eigenvalue weighted by molar-refractivity contribution is 9.10. The van der Waals surface area contributed by atoms with Gasteiger partial charge in [0.05, 0.1) is 21.3 Å². The molecule has 0 radical (unpaired) electrons. The number of nitrogens with one attached hydrogen (secondary N) is 2. The summed E-state index contributed by atoms with van der Waals surface area (Å²) in [7, 11) is -4.09. The Morgan fingerprint density at radius 3 is 2.62 bits per heavy atom. The lowest BCUT2D eigenvalue weighted by Crippen LogP contribution is -2.40. The van der Waals surface area contributed by atoms with Crippen molar-refractivity contribution in [1.29, 1.82) is 0 Å². The number of hydrogen-bond acceptors (Lipinski definition) is 6. The van der Waals surface area contributed by atoms with E-state index in [0.29, 0.717) is 35.7 Å². The molecule has 0 atom stereocenters. The Bertz CT molecular complexity index is 1470. The molecule has 0 spiro atoms. The predicted octanol–water partition coefficient (Wildman–Crippen LogP) is 6.11. The minimum atomic E-state index is -4.62. The number of aliphatic imine (C=N–C) groups is 1. The van der Waals surface area contributed by atoms with Gasteiger partial charge in [-0.2, -0.15) is 22.6 Å². The number of alkyl halides is 3. The molecule has 8 nitrogen and oxygen atoms in total. The largest absolute Gasteiger partial charge is 0.416 e. The predicted molar refractivity (Wildman–Crippen MR) is 146 cm³/mol. The average Bonchev–Trinajstić information content (AvgIpc) is 3.31. The van der Waals surface area contributed by atoms with Crippen molar-refractivity contribution in [2.45, 2.75) is 37.4 Å². The van der Waals surface area contributed by atoms with Crippen molar-refractivity contribution in [3.63, 3.8) is 0 Å². The van der Waals surface area contributed by atoms with Crippen molar-refractivity contribution in [1.82, 2.24) is 24.8 Å². The second-order valence-corrected chi connectivity index (χ2v) is 12.1. The van der Waals surface area contributed by atoms with Crippen LogP contribution in [0.1, 0.15) is 30.9 Å². The number of hydrogen-bond donors (Lipinski definition) is 2. The highest BCUT2D eigenvalue weighted by Crippen LogP contribution is 2.35. The summed E-state index contributed by atoms with van der Waals surface area (Å²) in [6, 6.07) is 6.10. The van der Waals surface area contributed by atoms with E-state index in [1.165, 1.54) is 4.31 Å². The first-order valence-electron chi connectivity index (χ1n) is 11.9. The first-order valence-corrected chi connectivity index (χ1v) is 14.5. The van der Waals surface area contributed by atoms with Gasteiger partial charge in [-0.15, -0.1) is 0 Å². The van der Waals surface area contributed by atoms with Gasteiger partial charge in [0.15, 0.2) is 5.82 Å². The molecule has 208 valence electrons. The SMILES string of the molecule is C/C(=C\C(=Nc1[nH]ncc1Br)C1CCN(S(=O)(=O)c2ccc(C(F)(F)F)cc2Cl)CC1)NCc1cccnc1. The first kappa shape index (κ1) is 29.2. The molecular formula is C25H25BrClF3N6O2S. The number of aromatic amines is 1. The monoisotopic (exact) mass is 644 g/mol. The van der Waals surface area contributed by atoms with Gasteiger partial charge in [-0.05, 0) is 71.6 Å². The van der Waals surface area contributed by atoms with E-state index in [1.54, 1.807) is 18.6 Å². The Labute approximate surface area is 237 Å². The van der Waals surface area contributed by atoms with Gasteiger partial charge in [-0.3, -0.25) is 10.1 Å². The standard InChI is InChI=1S/C25H25BrClF3N6O2S/c1-16(32-14-17-3-2-8-31-13-17)11-22(34-24-20(26)15-33-35-24)18-6-9-36(10-7-18)39(37,38)23-5-4-19(12-21(23)27)25(28,29)30/h2-5,8,11-13,15,18,32H,6-7,9-10,14H2,1H3,(H,33,35)/b16-11+,34-22?. The van der Waals surface area contributed by atoms with Crippen LogP contribution in [0.5, 0.6) is 0 Å². The summed E-state index contributed by atoms with van der Waals surface area (Å²) in [5, 5.41) is 9.71.